The smallest absolute Gasteiger partial charge is 0.279 e. The number of carbonyl (C=O) groups excluding carboxylic acids is 2. The van der Waals surface area contributed by atoms with Crippen molar-refractivity contribution in [3.63, 3.8) is 0 Å². The van der Waals surface area contributed by atoms with E-state index in [1.807, 2.05) is 26.0 Å². The van der Waals surface area contributed by atoms with E-state index in [4.69, 9.17) is 28.6 Å². The summed E-state index contributed by atoms with van der Waals surface area (Å²) in [6.07, 6.45) is -0.762. The number of ether oxygens (including phenoxy) is 1. The normalized spacial score (nSPS) is 11.3. The first-order valence-electron chi connectivity index (χ1n) is 8.17. The van der Waals surface area contributed by atoms with Crippen LogP contribution in [0.5, 0.6) is 5.75 Å². The molecule has 27 heavy (non-hydrogen) atoms. The van der Waals surface area contributed by atoms with Crippen LogP contribution in [-0.4, -0.2) is 23.0 Å². The maximum Gasteiger partial charge on any atom is 0.279 e. The number of halogens is 1. The average Bonchev–Trinajstić information content (AvgIpc) is 2.63. The topological polar surface area (TPSA) is 79.5 Å². The molecule has 1 unspecified atom stereocenters. The van der Waals surface area contributed by atoms with Gasteiger partial charge in [0.05, 0.1) is 10.6 Å². The van der Waals surface area contributed by atoms with Crippen LogP contribution in [0.1, 0.15) is 28.4 Å². The molecule has 0 radical (unpaired) electrons. The number of benzene rings is 2. The maximum absolute atomic E-state index is 12.1. The molecule has 1 atom stereocenters. The van der Waals surface area contributed by atoms with E-state index in [1.165, 1.54) is 0 Å². The van der Waals surface area contributed by atoms with E-state index < -0.39 is 17.9 Å². The van der Waals surface area contributed by atoms with Crippen molar-refractivity contribution in [1.82, 2.24) is 16.2 Å². The number of carbonyl (C=O) groups is 2. The number of aryl methyl sites for hydroxylation is 2. The third-order valence-corrected chi connectivity index (χ3v) is 4.34. The maximum atomic E-state index is 12.1. The predicted molar refractivity (Wildman–Crippen MR) is 109 cm³/mol. The molecule has 0 aliphatic heterocycles. The second-order valence-electron chi connectivity index (χ2n) is 5.88. The number of nitrogens with one attached hydrogen (secondary N) is 3. The first kappa shape index (κ1) is 20.7. The van der Waals surface area contributed by atoms with Crippen molar-refractivity contribution in [2.45, 2.75) is 26.9 Å². The summed E-state index contributed by atoms with van der Waals surface area (Å²) in [6.45, 7) is 5.57. The Labute approximate surface area is 168 Å². The van der Waals surface area contributed by atoms with Crippen LogP contribution in [0.2, 0.25) is 5.02 Å². The van der Waals surface area contributed by atoms with Gasteiger partial charge in [0, 0.05) is 0 Å². The molecule has 0 aliphatic rings. The molecular formula is C19H20ClN3O3S. The Hall–Kier alpha value is -2.64. The minimum absolute atomic E-state index is 0.0633. The van der Waals surface area contributed by atoms with Gasteiger partial charge in [0.15, 0.2) is 11.2 Å². The third kappa shape index (κ3) is 5.94. The van der Waals surface area contributed by atoms with Crippen molar-refractivity contribution in [2.75, 3.05) is 0 Å². The summed E-state index contributed by atoms with van der Waals surface area (Å²) < 4.78 is 5.61. The predicted octanol–water partition coefficient (Wildman–Crippen LogP) is 3.06. The van der Waals surface area contributed by atoms with Crippen molar-refractivity contribution in [3.8, 4) is 5.75 Å². The summed E-state index contributed by atoms with van der Waals surface area (Å²) in [6, 6.07) is 12.2. The SMILES string of the molecule is Cc1ccc(OC(C)C(=O)NNC(=S)NC(=O)c2ccccc2Cl)cc1C. The van der Waals surface area contributed by atoms with Gasteiger partial charge >= 0.3 is 0 Å². The monoisotopic (exact) mass is 405 g/mol. The van der Waals surface area contributed by atoms with E-state index in [0.717, 1.165) is 11.1 Å². The van der Waals surface area contributed by atoms with Crippen LogP contribution >= 0.6 is 23.8 Å². The summed E-state index contributed by atoms with van der Waals surface area (Å²) in [5.74, 6) is -0.329. The Morgan fingerprint density at radius 3 is 2.44 bits per heavy atom. The van der Waals surface area contributed by atoms with Crippen LogP contribution in [0, 0.1) is 13.8 Å². The summed E-state index contributed by atoms with van der Waals surface area (Å²) in [5, 5.41) is 2.68. The molecule has 0 saturated heterocycles. The molecule has 2 rings (SSSR count). The molecule has 0 heterocycles. The summed E-state index contributed by atoms with van der Waals surface area (Å²) in [7, 11) is 0. The standard InChI is InChI=1S/C19H20ClN3O3S/c1-11-8-9-14(10-12(11)2)26-13(3)17(24)22-23-19(27)21-18(25)15-6-4-5-7-16(15)20/h4-10,13H,1-3H3,(H,22,24)(H2,21,23,25,27). The fourth-order valence-electron chi connectivity index (χ4n) is 2.11. The molecule has 142 valence electrons. The lowest BCUT2D eigenvalue weighted by atomic mass is 10.1. The molecule has 3 N–H and O–H groups in total. The Morgan fingerprint density at radius 2 is 1.78 bits per heavy atom. The second-order valence-corrected chi connectivity index (χ2v) is 6.70. The van der Waals surface area contributed by atoms with Gasteiger partial charge in [-0.2, -0.15) is 0 Å². The van der Waals surface area contributed by atoms with Gasteiger partial charge in [-0.3, -0.25) is 25.8 Å². The van der Waals surface area contributed by atoms with Gasteiger partial charge in [0.1, 0.15) is 5.75 Å². The number of amides is 2. The lowest BCUT2D eigenvalue weighted by Gasteiger charge is -2.17. The van der Waals surface area contributed by atoms with E-state index in [2.05, 4.69) is 16.2 Å². The van der Waals surface area contributed by atoms with Gasteiger partial charge in [-0.25, -0.2) is 0 Å². The molecule has 0 fully saturated rings. The Balaban J connectivity index is 1.83. The van der Waals surface area contributed by atoms with Gasteiger partial charge in [0.25, 0.3) is 11.8 Å². The third-order valence-electron chi connectivity index (χ3n) is 3.81. The first-order chi connectivity index (χ1) is 12.8. The summed E-state index contributed by atoms with van der Waals surface area (Å²) in [5.41, 5.74) is 7.35. The first-order valence-corrected chi connectivity index (χ1v) is 8.96. The number of hydrogen-bond acceptors (Lipinski definition) is 4. The largest absolute Gasteiger partial charge is 0.481 e. The minimum atomic E-state index is -0.762. The lowest BCUT2D eigenvalue weighted by Crippen LogP contribution is -2.51. The molecule has 0 saturated carbocycles. The Bertz CT molecular complexity index is 873. The molecule has 0 bridgehead atoms. The van der Waals surface area contributed by atoms with Gasteiger partial charge in [-0.05, 0) is 68.4 Å². The van der Waals surface area contributed by atoms with Crippen LogP contribution in [0.25, 0.3) is 0 Å². The molecule has 6 nitrogen and oxygen atoms in total. The van der Waals surface area contributed by atoms with Crippen molar-refractivity contribution >= 4 is 40.7 Å². The van der Waals surface area contributed by atoms with Crippen molar-refractivity contribution in [1.29, 1.82) is 0 Å². The highest BCUT2D eigenvalue weighted by Crippen LogP contribution is 2.17. The average molecular weight is 406 g/mol. The van der Waals surface area contributed by atoms with Gasteiger partial charge < -0.3 is 4.74 Å². The number of hydrazine groups is 1. The fourth-order valence-corrected chi connectivity index (χ4v) is 2.48. The lowest BCUT2D eigenvalue weighted by molar-refractivity contribution is -0.127. The highest BCUT2D eigenvalue weighted by Gasteiger charge is 2.16. The van der Waals surface area contributed by atoms with Gasteiger partial charge in [-0.15, -0.1) is 0 Å². The number of hydrogen-bond donors (Lipinski definition) is 3. The zero-order chi connectivity index (χ0) is 20.0. The number of thiocarbonyl (C=S) groups is 1. The van der Waals surface area contributed by atoms with Crippen LogP contribution in [0.3, 0.4) is 0 Å². The van der Waals surface area contributed by atoms with Crippen molar-refractivity contribution < 1.29 is 14.3 Å². The van der Waals surface area contributed by atoms with Crippen LogP contribution in [0.15, 0.2) is 42.5 Å². The minimum Gasteiger partial charge on any atom is -0.481 e. The van der Waals surface area contributed by atoms with Crippen LogP contribution in [0.4, 0.5) is 0 Å². The Morgan fingerprint density at radius 1 is 1.07 bits per heavy atom. The van der Waals surface area contributed by atoms with E-state index >= 15 is 0 Å². The van der Waals surface area contributed by atoms with Gasteiger partial charge in [0.2, 0.25) is 0 Å². The molecule has 2 amide bonds. The Kier molecular flexibility index (Phi) is 7.15. The van der Waals surface area contributed by atoms with E-state index in [9.17, 15) is 9.59 Å². The highest BCUT2D eigenvalue weighted by atomic mass is 35.5. The zero-order valence-corrected chi connectivity index (χ0v) is 16.7. The molecular weight excluding hydrogens is 386 g/mol. The summed E-state index contributed by atoms with van der Waals surface area (Å²) >= 11 is 11.0. The molecule has 0 aliphatic carbocycles. The van der Waals surface area contributed by atoms with E-state index in [-0.39, 0.29) is 10.7 Å². The van der Waals surface area contributed by atoms with Gasteiger partial charge in [-0.1, -0.05) is 29.8 Å². The zero-order valence-electron chi connectivity index (χ0n) is 15.1. The quantitative estimate of drug-likeness (QED) is 0.538. The molecule has 2 aromatic carbocycles. The van der Waals surface area contributed by atoms with E-state index in [0.29, 0.717) is 10.8 Å². The number of rotatable bonds is 4. The molecule has 2 aromatic rings. The van der Waals surface area contributed by atoms with Crippen LogP contribution < -0.4 is 20.9 Å². The molecule has 0 spiro atoms. The molecule has 8 heteroatoms. The molecule has 0 aromatic heterocycles. The highest BCUT2D eigenvalue weighted by molar-refractivity contribution is 7.80. The van der Waals surface area contributed by atoms with Crippen LogP contribution in [-0.2, 0) is 4.79 Å². The second kappa shape index (κ2) is 9.34. The fraction of sp³-hybridized carbons (Fsp3) is 0.211. The van der Waals surface area contributed by atoms with Crippen molar-refractivity contribution in [3.05, 3.63) is 64.2 Å². The van der Waals surface area contributed by atoms with Crippen molar-refractivity contribution in [2.24, 2.45) is 0 Å². The summed E-state index contributed by atoms with van der Waals surface area (Å²) in [4.78, 5) is 24.2. The van der Waals surface area contributed by atoms with E-state index in [1.54, 1.807) is 37.3 Å².